The minimum atomic E-state index is -0.208. The van der Waals surface area contributed by atoms with E-state index in [4.69, 9.17) is 0 Å². The molecule has 0 saturated heterocycles. The number of nitrogens with one attached hydrogen (secondary N) is 2. The number of carbonyl (C=O) groups is 2. The largest absolute Gasteiger partial charge is 0.357 e. The molecule has 6 heteroatoms. The fourth-order valence-electron chi connectivity index (χ4n) is 3.22. The first-order valence-electron chi connectivity index (χ1n) is 10.5. The van der Waals surface area contributed by atoms with Crippen molar-refractivity contribution in [3.8, 4) is 0 Å². The van der Waals surface area contributed by atoms with Gasteiger partial charge in [0.05, 0.1) is 0 Å². The quantitative estimate of drug-likeness (QED) is 0.570. The highest BCUT2D eigenvalue weighted by atomic mass is 16.2. The molecule has 1 aromatic heterocycles. The first-order chi connectivity index (χ1) is 15.0. The molecule has 0 atom stereocenters. The number of benzene rings is 2. The van der Waals surface area contributed by atoms with E-state index in [9.17, 15) is 9.59 Å². The van der Waals surface area contributed by atoms with Gasteiger partial charge in [-0.2, -0.15) is 0 Å². The zero-order valence-corrected chi connectivity index (χ0v) is 18.2. The lowest BCUT2D eigenvalue weighted by atomic mass is 10.1. The predicted molar refractivity (Wildman–Crippen MR) is 125 cm³/mol. The van der Waals surface area contributed by atoms with Crippen LogP contribution in [0.3, 0.4) is 0 Å². The molecule has 2 N–H and O–H groups in total. The zero-order valence-electron chi connectivity index (χ0n) is 18.2. The van der Waals surface area contributed by atoms with Crippen LogP contribution in [0, 0.1) is 6.92 Å². The van der Waals surface area contributed by atoms with Crippen LogP contribution in [-0.2, 0) is 6.54 Å². The van der Waals surface area contributed by atoms with Crippen LogP contribution in [0.25, 0.3) is 0 Å². The van der Waals surface area contributed by atoms with Crippen LogP contribution in [-0.4, -0.2) is 29.9 Å². The molecule has 31 heavy (non-hydrogen) atoms. The van der Waals surface area contributed by atoms with E-state index in [0.29, 0.717) is 23.4 Å². The van der Waals surface area contributed by atoms with Crippen molar-refractivity contribution in [1.82, 2.24) is 10.3 Å². The van der Waals surface area contributed by atoms with E-state index in [2.05, 4.69) is 34.4 Å². The van der Waals surface area contributed by atoms with E-state index in [0.717, 1.165) is 30.0 Å². The van der Waals surface area contributed by atoms with Crippen molar-refractivity contribution in [1.29, 1.82) is 0 Å². The van der Waals surface area contributed by atoms with Gasteiger partial charge in [-0.3, -0.25) is 9.59 Å². The van der Waals surface area contributed by atoms with Gasteiger partial charge in [-0.25, -0.2) is 4.98 Å². The van der Waals surface area contributed by atoms with Crippen molar-refractivity contribution < 1.29 is 9.59 Å². The summed E-state index contributed by atoms with van der Waals surface area (Å²) in [5, 5.41) is 5.81. The molecule has 3 rings (SSSR count). The van der Waals surface area contributed by atoms with Crippen LogP contribution in [0.4, 0.5) is 11.5 Å². The van der Waals surface area contributed by atoms with Gasteiger partial charge in [-0.15, -0.1) is 0 Å². The van der Waals surface area contributed by atoms with Gasteiger partial charge in [-0.05, 0) is 62.2 Å². The zero-order chi connectivity index (χ0) is 22.2. The van der Waals surface area contributed by atoms with Gasteiger partial charge >= 0.3 is 0 Å². The van der Waals surface area contributed by atoms with Crippen LogP contribution in [0.5, 0.6) is 0 Å². The fourth-order valence-corrected chi connectivity index (χ4v) is 3.22. The number of hydrogen-bond acceptors (Lipinski definition) is 4. The smallest absolute Gasteiger partial charge is 0.255 e. The van der Waals surface area contributed by atoms with E-state index in [-0.39, 0.29) is 11.8 Å². The first-order valence-corrected chi connectivity index (χ1v) is 10.5. The second-order valence-corrected chi connectivity index (χ2v) is 7.23. The Hall–Kier alpha value is -3.67. The molecule has 0 aliphatic rings. The molecule has 3 aromatic rings. The van der Waals surface area contributed by atoms with Gasteiger partial charge in [0.25, 0.3) is 11.8 Å². The van der Waals surface area contributed by atoms with Gasteiger partial charge in [-0.1, -0.05) is 30.3 Å². The lowest BCUT2D eigenvalue weighted by Crippen LogP contribution is -2.24. The van der Waals surface area contributed by atoms with Gasteiger partial charge in [0.1, 0.15) is 5.82 Å². The Morgan fingerprint density at radius 3 is 2.29 bits per heavy atom. The maximum atomic E-state index is 12.7. The molecule has 0 radical (unpaired) electrons. The summed E-state index contributed by atoms with van der Waals surface area (Å²) in [6, 6.07) is 18.2. The molecule has 0 saturated carbocycles. The number of nitrogens with zero attached hydrogens (tertiary/aromatic N) is 2. The van der Waals surface area contributed by atoms with Crippen LogP contribution in [0.15, 0.2) is 66.9 Å². The summed E-state index contributed by atoms with van der Waals surface area (Å²) in [7, 11) is 0. The Bertz CT molecular complexity index is 1030. The van der Waals surface area contributed by atoms with Crippen molar-refractivity contribution in [2.45, 2.75) is 27.3 Å². The molecule has 0 fully saturated rings. The molecule has 1 heterocycles. The van der Waals surface area contributed by atoms with E-state index < -0.39 is 0 Å². The van der Waals surface area contributed by atoms with Gasteiger partial charge < -0.3 is 15.5 Å². The van der Waals surface area contributed by atoms with Gasteiger partial charge in [0.15, 0.2) is 0 Å². The SMILES string of the molecule is CCN(CC)c1ccc(CNC(=O)c2ccc(C)c(NC(=O)c3ccccc3)c2)cn1. The number of amides is 2. The maximum absolute atomic E-state index is 12.7. The highest BCUT2D eigenvalue weighted by Crippen LogP contribution is 2.18. The third kappa shape index (κ3) is 5.69. The molecule has 160 valence electrons. The molecular formula is C25H28N4O2. The molecule has 2 aromatic carbocycles. The van der Waals surface area contributed by atoms with Crippen molar-refractivity contribution in [3.05, 3.63) is 89.1 Å². The third-order valence-electron chi connectivity index (χ3n) is 5.13. The molecule has 2 amide bonds. The van der Waals surface area contributed by atoms with Crippen LogP contribution < -0.4 is 15.5 Å². The Labute approximate surface area is 183 Å². The van der Waals surface area contributed by atoms with Gasteiger partial charge in [0.2, 0.25) is 0 Å². The second-order valence-electron chi connectivity index (χ2n) is 7.23. The molecule has 0 aliphatic heterocycles. The highest BCUT2D eigenvalue weighted by Gasteiger charge is 2.12. The van der Waals surface area contributed by atoms with Crippen LogP contribution in [0.1, 0.15) is 45.7 Å². The molecule has 6 nitrogen and oxygen atoms in total. The van der Waals surface area contributed by atoms with E-state index >= 15 is 0 Å². The van der Waals surface area contributed by atoms with E-state index in [1.807, 2.05) is 43.3 Å². The highest BCUT2D eigenvalue weighted by molar-refractivity contribution is 6.05. The molecule has 0 bridgehead atoms. The van der Waals surface area contributed by atoms with Crippen molar-refractivity contribution >= 4 is 23.3 Å². The number of rotatable bonds is 8. The average molecular weight is 417 g/mol. The molecule has 0 spiro atoms. The Balaban J connectivity index is 1.64. The summed E-state index contributed by atoms with van der Waals surface area (Å²) in [4.78, 5) is 31.8. The minimum Gasteiger partial charge on any atom is -0.357 e. The van der Waals surface area contributed by atoms with E-state index in [1.165, 1.54) is 0 Å². The number of aromatic nitrogens is 1. The fraction of sp³-hybridized carbons (Fsp3) is 0.240. The monoisotopic (exact) mass is 416 g/mol. The third-order valence-corrected chi connectivity index (χ3v) is 5.13. The summed E-state index contributed by atoms with van der Waals surface area (Å²) in [5.41, 5.74) is 3.48. The van der Waals surface area contributed by atoms with E-state index in [1.54, 1.807) is 30.5 Å². The number of pyridine rings is 1. The Morgan fingerprint density at radius 2 is 1.65 bits per heavy atom. The summed E-state index contributed by atoms with van der Waals surface area (Å²) in [6.45, 7) is 8.26. The number of anilines is 2. The summed E-state index contributed by atoms with van der Waals surface area (Å²) in [6.07, 6.45) is 1.79. The van der Waals surface area contributed by atoms with Crippen molar-refractivity contribution in [2.24, 2.45) is 0 Å². The standard InChI is InChI=1S/C25H28N4O2/c1-4-29(5-2)23-14-12-19(16-26-23)17-27-24(30)21-13-11-18(3)22(15-21)28-25(31)20-9-7-6-8-10-20/h6-16H,4-5,17H2,1-3H3,(H,27,30)(H,28,31). The second kappa shape index (κ2) is 10.4. The summed E-state index contributed by atoms with van der Waals surface area (Å²) < 4.78 is 0. The Morgan fingerprint density at radius 1 is 0.903 bits per heavy atom. The number of carbonyl (C=O) groups excluding carboxylic acids is 2. The van der Waals surface area contributed by atoms with Crippen molar-refractivity contribution in [2.75, 3.05) is 23.3 Å². The number of hydrogen-bond donors (Lipinski definition) is 2. The lowest BCUT2D eigenvalue weighted by Gasteiger charge is -2.19. The minimum absolute atomic E-state index is 0.206. The lowest BCUT2D eigenvalue weighted by molar-refractivity contribution is 0.0949. The maximum Gasteiger partial charge on any atom is 0.255 e. The predicted octanol–water partition coefficient (Wildman–Crippen LogP) is 4.42. The Kier molecular flexibility index (Phi) is 7.38. The molecule has 0 unspecified atom stereocenters. The average Bonchev–Trinajstić information content (AvgIpc) is 2.81. The summed E-state index contributed by atoms with van der Waals surface area (Å²) >= 11 is 0. The molecule has 0 aliphatic carbocycles. The first kappa shape index (κ1) is 22.0. The van der Waals surface area contributed by atoms with Crippen molar-refractivity contribution in [3.63, 3.8) is 0 Å². The normalized spacial score (nSPS) is 10.4. The molecular weight excluding hydrogens is 388 g/mol. The van der Waals surface area contributed by atoms with Crippen LogP contribution >= 0.6 is 0 Å². The van der Waals surface area contributed by atoms with Crippen LogP contribution in [0.2, 0.25) is 0 Å². The van der Waals surface area contributed by atoms with Gasteiger partial charge in [0, 0.05) is 42.6 Å². The summed E-state index contributed by atoms with van der Waals surface area (Å²) in [5.74, 6) is 0.515. The number of aryl methyl sites for hydroxylation is 1. The topological polar surface area (TPSA) is 74.3 Å².